The molecule has 0 bridgehead atoms. The summed E-state index contributed by atoms with van der Waals surface area (Å²) in [4.78, 5) is 16.8. The van der Waals surface area contributed by atoms with Crippen LogP contribution < -0.4 is 11.3 Å². The van der Waals surface area contributed by atoms with Gasteiger partial charge in [0.25, 0.3) is 5.56 Å². The largest absolute Gasteiger partial charge is 0.393 e. The maximum absolute atomic E-state index is 10.6. The van der Waals surface area contributed by atoms with E-state index in [1.807, 2.05) is 0 Å². The molecule has 4 nitrogen and oxygen atoms in total. The Kier molecular flexibility index (Phi) is 2.89. The summed E-state index contributed by atoms with van der Waals surface area (Å²) in [7, 11) is 0. The minimum atomic E-state index is -0.275. The van der Waals surface area contributed by atoms with Crippen LogP contribution in [0.1, 0.15) is 5.82 Å². The van der Waals surface area contributed by atoms with E-state index in [0.29, 0.717) is 5.82 Å². The fourth-order valence-corrected chi connectivity index (χ4v) is 0.494. The van der Waals surface area contributed by atoms with Gasteiger partial charge in [0.1, 0.15) is 11.5 Å². The number of nitrogens with two attached hydrogens (primary N) is 1. The summed E-state index contributed by atoms with van der Waals surface area (Å²) < 4.78 is 0. The van der Waals surface area contributed by atoms with Crippen molar-refractivity contribution in [2.45, 2.75) is 6.92 Å². The molecule has 1 rings (SSSR count). The van der Waals surface area contributed by atoms with Crippen LogP contribution in [0.4, 0.5) is 5.69 Å². The highest BCUT2D eigenvalue weighted by molar-refractivity contribution is 5.85. The van der Waals surface area contributed by atoms with Crippen LogP contribution in [0.2, 0.25) is 0 Å². The van der Waals surface area contributed by atoms with Crippen molar-refractivity contribution in [3.05, 3.63) is 22.4 Å². The Morgan fingerprint density at radius 1 is 1.70 bits per heavy atom. The molecule has 0 aromatic carbocycles. The Hall–Kier alpha value is -1.03. The van der Waals surface area contributed by atoms with Crippen LogP contribution in [-0.2, 0) is 0 Å². The number of nitrogen functional groups attached to an aromatic ring is 1. The van der Waals surface area contributed by atoms with Crippen LogP contribution in [-0.4, -0.2) is 9.97 Å². The first-order valence-corrected chi connectivity index (χ1v) is 2.51. The fourth-order valence-electron chi connectivity index (χ4n) is 0.494. The number of hydrogen-bond donors (Lipinski definition) is 2. The molecule has 10 heavy (non-hydrogen) atoms. The highest BCUT2D eigenvalue weighted by atomic mass is 35.5. The molecule has 1 heterocycles. The minimum absolute atomic E-state index is 0. The topological polar surface area (TPSA) is 71.8 Å². The number of halogens is 1. The Bertz CT molecular complexity index is 270. The summed E-state index contributed by atoms with van der Waals surface area (Å²) in [5, 5.41) is 0. The first kappa shape index (κ1) is 8.97. The lowest BCUT2D eigenvalue weighted by Gasteiger charge is -1.90. The van der Waals surface area contributed by atoms with Crippen LogP contribution in [0.15, 0.2) is 11.0 Å². The van der Waals surface area contributed by atoms with Gasteiger partial charge in [-0.2, -0.15) is 0 Å². The van der Waals surface area contributed by atoms with Gasteiger partial charge in [0.05, 0.1) is 6.20 Å². The summed E-state index contributed by atoms with van der Waals surface area (Å²) in [5.74, 6) is 0.578. The molecule has 0 amide bonds. The third kappa shape index (κ3) is 1.73. The Balaban J connectivity index is 0.000000810. The van der Waals surface area contributed by atoms with E-state index in [0.717, 1.165) is 0 Å². The van der Waals surface area contributed by atoms with Gasteiger partial charge in [-0.05, 0) is 6.92 Å². The average molecular weight is 162 g/mol. The molecule has 0 unspecified atom stereocenters. The van der Waals surface area contributed by atoms with E-state index in [9.17, 15) is 4.79 Å². The normalized spacial score (nSPS) is 8.50. The summed E-state index contributed by atoms with van der Waals surface area (Å²) in [6.45, 7) is 1.70. The van der Waals surface area contributed by atoms with Crippen molar-refractivity contribution < 1.29 is 0 Å². The summed E-state index contributed by atoms with van der Waals surface area (Å²) in [6.07, 6.45) is 1.34. The quantitative estimate of drug-likeness (QED) is 0.566. The van der Waals surface area contributed by atoms with Gasteiger partial charge in [-0.25, -0.2) is 4.98 Å². The molecular formula is C5H8ClN3O. The number of nitrogens with one attached hydrogen (secondary N) is 1. The molecule has 0 radical (unpaired) electrons. The molecule has 0 aliphatic carbocycles. The Morgan fingerprint density at radius 2 is 2.30 bits per heavy atom. The number of H-pyrrole nitrogens is 1. The van der Waals surface area contributed by atoms with Gasteiger partial charge in [-0.3, -0.25) is 4.79 Å². The number of nitrogens with zero attached hydrogens (tertiary/aromatic N) is 1. The highest BCUT2D eigenvalue weighted by Crippen LogP contribution is 1.85. The molecule has 0 saturated carbocycles. The lowest BCUT2D eigenvalue weighted by Crippen LogP contribution is -2.13. The molecule has 0 aliphatic heterocycles. The van der Waals surface area contributed by atoms with Crippen LogP contribution in [0.25, 0.3) is 0 Å². The molecule has 3 N–H and O–H groups in total. The lowest BCUT2D eigenvalue weighted by atomic mass is 10.5. The van der Waals surface area contributed by atoms with Gasteiger partial charge in [0.2, 0.25) is 0 Å². The second-order valence-corrected chi connectivity index (χ2v) is 1.75. The van der Waals surface area contributed by atoms with Gasteiger partial charge in [-0.15, -0.1) is 12.4 Å². The van der Waals surface area contributed by atoms with Crippen molar-refractivity contribution in [2.75, 3.05) is 5.73 Å². The molecule has 1 aromatic rings. The molecule has 56 valence electrons. The Labute approximate surface area is 63.9 Å². The molecule has 5 heteroatoms. The molecule has 0 fully saturated rings. The van der Waals surface area contributed by atoms with Crippen molar-refractivity contribution in [3.63, 3.8) is 0 Å². The monoisotopic (exact) mass is 161 g/mol. The maximum Gasteiger partial charge on any atom is 0.274 e. The molecule has 0 aliphatic rings. The van der Waals surface area contributed by atoms with Crippen LogP contribution in [0.3, 0.4) is 0 Å². The van der Waals surface area contributed by atoms with Gasteiger partial charge >= 0.3 is 0 Å². The molecule has 0 saturated heterocycles. The predicted molar refractivity (Wildman–Crippen MR) is 41.3 cm³/mol. The first-order chi connectivity index (χ1) is 4.20. The van der Waals surface area contributed by atoms with Crippen molar-refractivity contribution in [2.24, 2.45) is 0 Å². The third-order valence-electron chi connectivity index (χ3n) is 0.954. The summed E-state index contributed by atoms with van der Waals surface area (Å²) in [6, 6.07) is 0. The summed E-state index contributed by atoms with van der Waals surface area (Å²) in [5.41, 5.74) is 5.06. The minimum Gasteiger partial charge on any atom is -0.393 e. The van der Waals surface area contributed by atoms with E-state index >= 15 is 0 Å². The van der Waals surface area contributed by atoms with Gasteiger partial charge in [-0.1, -0.05) is 0 Å². The second-order valence-electron chi connectivity index (χ2n) is 1.75. The Morgan fingerprint density at radius 3 is 2.70 bits per heavy atom. The van der Waals surface area contributed by atoms with E-state index < -0.39 is 0 Å². The zero-order valence-corrected chi connectivity index (χ0v) is 6.23. The van der Waals surface area contributed by atoms with E-state index in [2.05, 4.69) is 9.97 Å². The fraction of sp³-hybridized carbons (Fsp3) is 0.200. The molecule has 1 aromatic heterocycles. The molecule has 0 atom stereocenters. The number of aryl methyl sites for hydroxylation is 1. The van der Waals surface area contributed by atoms with Crippen molar-refractivity contribution in [3.8, 4) is 0 Å². The average Bonchev–Trinajstić information content (AvgIpc) is 1.80. The SMILES string of the molecule is Cc1ncc(N)c(=O)[nH]1.Cl. The van der Waals surface area contributed by atoms with Crippen LogP contribution in [0, 0.1) is 6.92 Å². The van der Waals surface area contributed by atoms with Crippen molar-refractivity contribution in [1.82, 2.24) is 9.97 Å². The number of anilines is 1. The third-order valence-corrected chi connectivity index (χ3v) is 0.954. The molecule has 0 spiro atoms. The van der Waals surface area contributed by atoms with Crippen molar-refractivity contribution >= 4 is 18.1 Å². The lowest BCUT2D eigenvalue weighted by molar-refractivity contribution is 1.02. The number of rotatable bonds is 0. The van der Waals surface area contributed by atoms with Crippen LogP contribution in [0.5, 0.6) is 0 Å². The first-order valence-electron chi connectivity index (χ1n) is 2.51. The zero-order chi connectivity index (χ0) is 6.85. The molecular weight excluding hydrogens is 154 g/mol. The second kappa shape index (κ2) is 3.22. The van der Waals surface area contributed by atoms with E-state index in [4.69, 9.17) is 5.73 Å². The van der Waals surface area contributed by atoms with Crippen LogP contribution >= 0.6 is 12.4 Å². The number of aromatic nitrogens is 2. The van der Waals surface area contributed by atoms with E-state index in [1.165, 1.54) is 6.20 Å². The summed E-state index contributed by atoms with van der Waals surface area (Å²) >= 11 is 0. The van der Waals surface area contributed by atoms with E-state index in [1.54, 1.807) is 6.92 Å². The van der Waals surface area contributed by atoms with E-state index in [-0.39, 0.29) is 23.7 Å². The van der Waals surface area contributed by atoms with Gasteiger partial charge in [0, 0.05) is 0 Å². The van der Waals surface area contributed by atoms with Gasteiger partial charge in [0.15, 0.2) is 0 Å². The highest BCUT2D eigenvalue weighted by Gasteiger charge is 1.90. The predicted octanol–water partition coefficient (Wildman–Crippen LogP) is 0.0823. The maximum atomic E-state index is 10.6. The van der Waals surface area contributed by atoms with Gasteiger partial charge < -0.3 is 10.7 Å². The van der Waals surface area contributed by atoms with Crippen molar-refractivity contribution in [1.29, 1.82) is 0 Å². The zero-order valence-electron chi connectivity index (χ0n) is 5.42. The smallest absolute Gasteiger partial charge is 0.274 e. The standard InChI is InChI=1S/C5H7N3O.ClH/c1-3-7-2-4(6)5(9)8-3;/h2H,6H2,1H3,(H,7,8,9);1H. The number of hydrogen-bond acceptors (Lipinski definition) is 3. The number of aromatic amines is 1.